The number of ether oxygens (including phenoxy) is 1. The van der Waals surface area contributed by atoms with Gasteiger partial charge in [-0.1, -0.05) is 30.3 Å². The van der Waals surface area contributed by atoms with Gasteiger partial charge >= 0.3 is 6.09 Å². The largest absolute Gasteiger partial charge is 0.465 e. The molecule has 0 aliphatic heterocycles. The van der Waals surface area contributed by atoms with Gasteiger partial charge in [0.2, 0.25) is 0 Å². The molecule has 0 saturated heterocycles. The van der Waals surface area contributed by atoms with Crippen LogP contribution in [0, 0.1) is 0 Å². The maximum atomic E-state index is 10.4. The molecule has 0 aliphatic carbocycles. The molecule has 98 valence electrons. The van der Waals surface area contributed by atoms with Crippen LogP contribution >= 0.6 is 0 Å². The Morgan fingerprint density at radius 2 is 1.79 bits per heavy atom. The third kappa shape index (κ3) is 4.35. The Kier molecular flexibility index (Phi) is 4.39. The molecule has 2 aromatic carbocycles. The Morgan fingerprint density at radius 1 is 1.05 bits per heavy atom. The molecule has 2 N–H and O–H groups in total. The summed E-state index contributed by atoms with van der Waals surface area (Å²) in [6, 6.07) is 17.2. The van der Waals surface area contributed by atoms with Gasteiger partial charge in [-0.2, -0.15) is 0 Å². The van der Waals surface area contributed by atoms with Gasteiger partial charge in [-0.15, -0.1) is 0 Å². The summed E-state index contributed by atoms with van der Waals surface area (Å²) in [5, 5.41) is 10.8. The molecule has 0 aromatic heterocycles. The molecule has 19 heavy (non-hydrogen) atoms. The third-order valence-corrected chi connectivity index (χ3v) is 2.57. The zero-order valence-electron chi connectivity index (χ0n) is 10.4. The number of rotatable bonds is 5. The molecule has 0 bridgehead atoms. The Labute approximate surface area is 111 Å². The van der Waals surface area contributed by atoms with Crippen molar-refractivity contribution in [2.45, 2.75) is 6.42 Å². The molecule has 4 nitrogen and oxygen atoms in total. The van der Waals surface area contributed by atoms with Gasteiger partial charge in [0.15, 0.2) is 0 Å². The second kappa shape index (κ2) is 6.44. The average Bonchev–Trinajstić information content (AvgIpc) is 2.40. The van der Waals surface area contributed by atoms with E-state index in [0.29, 0.717) is 13.0 Å². The minimum absolute atomic E-state index is 0.393. The summed E-state index contributed by atoms with van der Waals surface area (Å²) in [5.41, 5.74) is 1.03. The van der Waals surface area contributed by atoms with Crippen LogP contribution in [0.4, 0.5) is 4.79 Å². The topological polar surface area (TPSA) is 58.6 Å². The van der Waals surface area contributed by atoms with E-state index in [-0.39, 0.29) is 0 Å². The Bertz CT molecular complexity index is 540. The maximum absolute atomic E-state index is 10.4. The van der Waals surface area contributed by atoms with Crippen LogP contribution in [0.3, 0.4) is 0 Å². The van der Waals surface area contributed by atoms with Gasteiger partial charge in [0.05, 0.1) is 0 Å². The molecule has 4 heteroatoms. The fourth-order valence-electron chi connectivity index (χ4n) is 1.70. The van der Waals surface area contributed by atoms with Gasteiger partial charge in [0, 0.05) is 6.54 Å². The molecule has 0 fully saturated rings. The SMILES string of the molecule is O=C(O)NCCc1cccc(Oc2ccccc2)c1. The van der Waals surface area contributed by atoms with Gasteiger partial charge in [0.1, 0.15) is 11.5 Å². The van der Waals surface area contributed by atoms with Crippen molar-refractivity contribution in [3.05, 3.63) is 60.2 Å². The van der Waals surface area contributed by atoms with E-state index >= 15 is 0 Å². The number of carboxylic acid groups (broad SMARTS) is 1. The van der Waals surface area contributed by atoms with Crippen LogP contribution in [0.1, 0.15) is 5.56 Å². The monoisotopic (exact) mass is 257 g/mol. The van der Waals surface area contributed by atoms with Crippen molar-refractivity contribution >= 4 is 6.09 Å². The van der Waals surface area contributed by atoms with Crippen molar-refractivity contribution in [2.24, 2.45) is 0 Å². The van der Waals surface area contributed by atoms with E-state index in [1.54, 1.807) is 0 Å². The van der Waals surface area contributed by atoms with Crippen molar-refractivity contribution in [3.63, 3.8) is 0 Å². The first kappa shape index (κ1) is 13.0. The Morgan fingerprint density at radius 3 is 2.53 bits per heavy atom. The highest BCUT2D eigenvalue weighted by molar-refractivity contribution is 5.64. The molecule has 0 radical (unpaired) electrons. The first-order chi connectivity index (χ1) is 9.24. The zero-order chi connectivity index (χ0) is 13.5. The van der Waals surface area contributed by atoms with Crippen LogP contribution in [-0.4, -0.2) is 17.7 Å². The predicted octanol–water partition coefficient (Wildman–Crippen LogP) is 3.29. The van der Waals surface area contributed by atoms with E-state index in [4.69, 9.17) is 9.84 Å². The second-order valence-corrected chi connectivity index (χ2v) is 4.04. The molecule has 0 aliphatic rings. The summed E-state index contributed by atoms with van der Waals surface area (Å²) in [7, 11) is 0. The van der Waals surface area contributed by atoms with Crippen molar-refractivity contribution in [1.29, 1.82) is 0 Å². The Hall–Kier alpha value is -2.49. The van der Waals surface area contributed by atoms with Crippen LogP contribution in [0.25, 0.3) is 0 Å². The minimum Gasteiger partial charge on any atom is -0.465 e. The molecule has 0 unspecified atom stereocenters. The van der Waals surface area contributed by atoms with E-state index in [0.717, 1.165) is 17.1 Å². The lowest BCUT2D eigenvalue weighted by molar-refractivity contribution is 0.194. The van der Waals surface area contributed by atoms with Gasteiger partial charge in [-0.05, 0) is 36.2 Å². The van der Waals surface area contributed by atoms with E-state index in [2.05, 4.69) is 5.32 Å². The number of para-hydroxylation sites is 1. The van der Waals surface area contributed by atoms with E-state index < -0.39 is 6.09 Å². The number of carbonyl (C=O) groups is 1. The highest BCUT2D eigenvalue weighted by Crippen LogP contribution is 2.21. The normalized spacial score (nSPS) is 9.89. The lowest BCUT2D eigenvalue weighted by atomic mass is 10.1. The van der Waals surface area contributed by atoms with Crippen molar-refractivity contribution in [1.82, 2.24) is 5.32 Å². The molecule has 0 spiro atoms. The third-order valence-electron chi connectivity index (χ3n) is 2.57. The molecule has 0 saturated carbocycles. The van der Waals surface area contributed by atoms with Crippen LogP contribution in [-0.2, 0) is 6.42 Å². The molecule has 2 rings (SSSR count). The molecular weight excluding hydrogens is 242 g/mol. The van der Waals surface area contributed by atoms with Gasteiger partial charge in [-0.3, -0.25) is 0 Å². The molecular formula is C15H15NO3. The minimum atomic E-state index is -1.00. The molecule has 2 aromatic rings. The first-order valence-corrected chi connectivity index (χ1v) is 6.03. The van der Waals surface area contributed by atoms with Crippen molar-refractivity contribution in [3.8, 4) is 11.5 Å². The van der Waals surface area contributed by atoms with E-state index in [1.165, 1.54) is 0 Å². The van der Waals surface area contributed by atoms with Crippen molar-refractivity contribution < 1.29 is 14.6 Å². The molecule has 1 amide bonds. The highest BCUT2D eigenvalue weighted by Gasteiger charge is 2.00. The predicted molar refractivity (Wildman–Crippen MR) is 72.7 cm³/mol. The van der Waals surface area contributed by atoms with Gasteiger partial charge in [-0.25, -0.2) is 4.79 Å². The summed E-state index contributed by atoms with van der Waals surface area (Å²) < 4.78 is 5.71. The molecule has 0 atom stereocenters. The summed E-state index contributed by atoms with van der Waals surface area (Å²) >= 11 is 0. The zero-order valence-corrected chi connectivity index (χ0v) is 10.4. The fraction of sp³-hybridized carbons (Fsp3) is 0.133. The summed E-state index contributed by atoms with van der Waals surface area (Å²) in [4.78, 5) is 10.4. The molecule has 0 heterocycles. The number of hydrogen-bond acceptors (Lipinski definition) is 2. The summed E-state index contributed by atoms with van der Waals surface area (Å²) in [5.74, 6) is 1.53. The van der Waals surface area contributed by atoms with Crippen LogP contribution in [0.2, 0.25) is 0 Å². The fourth-order valence-corrected chi connectivity index (χ4v) is 1.70. The summed E-state index contributed by atoms with van der Waals surface area (Å²) in [6.07, 6.45) is -0.366. The van der Waals surface area contributed by atoms with Crippen molar-refractivity contribution in [2.75, 3.05) is 6.54 Å². The van der Waals surface area contributed by atoms with E-state index in [9.17, 15) is 4.79 Å². The first-order valence-electron chi connectivity index (χ1n) is 6.03. The average molecular weight is 257 g/mol. The number of benzene rings is 2. The van der Waals surface area contributed by atoms with Gasteiger partial charge < -0.3 is 15.2 Å². The van der Waals surface area contributed by atoms with Crippen LogP contribution in [0.5, 0.6) is 11.5 Å². The van der Waals surface area contributed by atoms with Crippen LogP contribution < -0.4 is 10.1 Å². The standard InChI is InChI=1S/C15H15NO3/c17-15(18)16-10-9-12-5-4-8-14(11-12)19-13-6-2-1-3-7-13/h1-8,11,16H,9-10H2,(H,17,18). The highest BCUT2D eigenvalue weighted by atomic mass is 16.5. The van der Waals surface area contributed by atoms with Crippen LogP contribution in [0.15, 0.2) is 54.6 Å². The maximum Gasteiger partial charge on any atom is 0.404 e. The number of nitrogens with one attached hydrogen (secondary N) is 1. The number of amides is 1. The van der Waals surface area contributed by atoms with E-state index in [1.807, 2.05) is 54.6 Å². The Balaban J connectivity index is 1.97. The smallest absolute Gasteiger partial charge is 0.404 e. The summed E-state index contributed by atoms with van der Waals surface area (Å²) in [6.45, 7) is 0.393. The van der Waals surface area contributed by atoms with Gasteiger partial charge in [0.25, 0.3) is 0 Å². The lowest BCUT2D eigenvalue weighted by Crippen LogP contribution is -2.23. The lowest BCUT2D eigenvalue weighted by Gasteiger charge is -2.07. The quantitative estimate of drug-likeness (QED) is 0.864. The second-order valence-electron chi connectivity index (χ2n) is 4.04. The number of hydrogen-bond donors (Lipinski definition) is 2.